The van der Waals surface area contributed by atoms with Crippen LogP contribution in [0.25, 0.3) is 0 Å². The molecule has 0 amide bonds. The van der Waals surface area contributed by atoms with Crippen molar-refractivity contribution in [2.75, 3.05) is 47.5 Å². The Hall–Kier alpha value is -1.71. The molecule has 9 nitrogen and oxygen atoms in total. The van der Waals surface area contributed by atoms with Crippen LogP contribution in [0.5, 0.6) is 0 Å². The maximum Gasteiger partial charge on any atom is 0.361 e. The molecule has 0 saturated carbocycles. The van der Waals surface area contributed by atoms with E-state index < -0.39 is 18.4 Å². The molecule has 494 valence electrons. The summed E-state index contributed by atoms with van der Waals surface area (Å²) in [6.45, 7) is 4.98. The zero-order valence-electron chi connectivity index (χ0n) is 56.7. The molecule has 2 unspecified atom stereocenters. The van der Waals surface area contributed by atoms with E-state index >= 15 is 0 Å². The molecule has 9 heteroatoms. The van der Waals surface area contributed by atoms with Crippen molar-refractivity contribution >= 4 is 17.9 Å². The molecule has 0 bridgehead atoms. The minimum absolute atomic E-state index is 0.172. The fourth-order valence-corrected chi connectivity index (χ4v) is 11.7. The van der Waals surface area contributed by atoms with Crippen molar-refractivity contribution < 1.29 is 42.9 Å². The summed E-state index contributed by atoms with van der Waals surface area (Å²) in [5.74, 6) is -1.96. The van der Waals surface area contributed by atoms with E-state index in [4.69, 9.17) is 18.9 Å². The van der Waals surface area contributed by atoms with Crippen LogP contribution in [-0.2, 0) is 33.3 Å². The zero-order valence-corrected chi connectivity index (χ0v) is 56.7. The number of ether oxygens (including phenoxy) is 4. The van der Waals surface area contributed by atoms with Crippen LogP contribution in [0.4, 0.5) is 0 Å². The van der Waals surface area contributed by atoms with Gasteiger partial charge in [-0.15, -0.1) is 0 Å². The molecule has 0 aliphatic rings. The Morgan fingerprint density at radius 2 is 0.542 bits per heavy atom. The summed E-state index contributed by atoms with van der Waals surface area (Å²) in [4.78, 5) is 37.7. The molecule has 0 spiro atoms. The van der Waals surface area contributed by atoms with Crippen LogP contribution in [0.1, 0.15) is 399 Å². The third-order valence-corrected chi connectivity index (χ3v) is 17.4. The molecule has 0 aliphatic heterocycles. The van der Waals surface area contributed by atoms with Crippen molar-refractivity contribution in [2.45, 2.75) is 411 Å². The second-order valence-electron chi connectivity index (χ2n) is 27.0. The molecule has 2 atom stereocenters. The van der Waals surface area contributed by atoms with Crippen LogP contribution in [0.2, 0.25) is 0 Å². The number of carbonyl (C=O) groups excluding carboxylic acids is 2. The van der Waals surface area contributed by atoms with Crippen molar-refractivity contribution in [1.82, 2.24) is 0 Å². The lowest BCUT2D eigenvalue weighted by atomic mass is 10.0. The van der Waals surface area contributed by atoms with Crippen molar-refractivity contribution in [3.63, 3.8) is 0 Å². The van der Waals surface area contributed by atoms with E-state index in [9.17, 15) is 19.5 Å². The SMILES string of the molecule is CCCCCCCCCCCCCCCCCCCCCCCCCCCCCCCCCC(=O)OC(COC(=O)CCCCCCCCCCCCCCCCCCCCCCCCCCCCC)COC(OCC[N+](C)(C)C)C(=O)O. The molecule has 0 heterocycles. The molecule has 0 saturated heterocycles. The first kappa shape index (κ1) is 81.3. The summed E-state index contributed by atoms with van der Waals surface area (Å²) in [6.07, 6.45) is 76.7. The van der Waals surface area contributed by atoms with Crippen LogP contribution in [0.3, 0.4) is 0 Å². The predicted octanol–water partition coefficient (Wildman–Crippen LogP) is 23.0. The normalized spacial score (nSPS) is 12.5. The monoisotopic (exact) mass is 1180 g/mol. The lowest BCUT2D eigenvalue weighted by Crippen LogP contribution is -2.40. The molecule has 83 heavy (non-hydrogen) atoms. The maximum atomic E-state index is 13.0. The van der Waals surface area contributed by atoms with Crippen molar-refractivity contribution in [2.24, 2.45) is 0 Å². The van der Waals surface area contributed by atoms with Crippen molar-refractivity contribution in [3.8, 4) is 0 Å². The molecule has 0 aromatic heterocycles. The zero-order chi connectivity index (χ0) is 60.5. The summed E-state index contributed by atoms with van der Waals surface area (Å²) < 4.78 is 23.0. The first-order chi connectivity index (χ1) is 40.6. The number of aliphatic carboxylic acids is 1. The van der Waals surface area contributed by atoms with Crippen LogP contribution < -0.4 is 0 Å². The largest absolute Gasteiger partial charge is 0.477 e. The van der Waals surface area contributed by atoms with Gasteiger partial charge in [0.15, 0.2) is 6.10 Å². The second kappa shape index (κ2) is 66.2. The Morgan fingerprint density at radius 3 is 0.771 bits per heavy atom. The highest BCUT2D eigenvalue weighted by Crippen LogP contribution is 2.20. The molecule has 0 aromatic carbocycles. The van der Waals surface area contributed by atoms with Gasteiger partial charge >= 0.3 is 17.9 Å². The minimum Gasteiger partial charge on any atom is -0.477 e. The highest BCUT2D eigenvalue weighted by Gasteiger charge is 2.25. The van der Waals surface area contributed by atoms with E-state index in [2.05, 4.69) is 13.8 Å². The van der Waals surface area contributed by atoms with Gasteiger partial charge in [-0.2, -0.15) is 0 Å². The molecule has 1 N–H and O–H groups in total. The van der Waals surface area contributed by atoms with Crippen LogP contribution in [-0.4, -0.2) is 87.4 Å². The second-order valence-corrected chi connectivity index (χ2v) is 27.0. The van der Waals surface area contributed by atoms with E-state index in [0.29, 0.717) is 17.4 Å². The number of quaternary nitrogens is 1. The Kier molecular flexibility index (Phi) is 64.9. The van der Waals surface area contributed by atoms with Gasteiger partial charge in [0.25, 0.3) is 6.29 Å². The van der Waals surface area contributed by atoms with Gasteiger partial charge in [-0.3, -0.25) is 9.59 Å². The van der Waals surface area contributed by atoms with E-state index in [1.807, 2.05) is 21.1 Å². The molecule has 0 fully saturated rings. The number of hydrogen-bond donors (Lipinski definition) is 1. The quantitative estimate of drug-likeness (QED) is 0.0278. The summed E-state index contributed by atoms with van der Waals surface area (Å²) in [7, 11) is 6.00. The fourth-order valence-electron chi connectivity index (χ4n) is 11.7. The van der Waals surface area contributed by atoms with Crippen molar-refractivity contribution in [3.05, 3.63) is 0 Å². The number of unbranched alkanes of at least 4 members (excludes halogenated alkanes) is 56. The number of nitrogens with zero attached hydrogens (tertiary/aromatic N) is 1. The Morgan fingerprint density at radius 1 is 0.313 bits per heavy atom. The molecule has 0 aromatic rings. The van der Waals surface area contributed by atoms with E-state index in [-0.39, 0.29) is 38.2 Å². The van der Waals surface area contributed by atoms with Gasteiger partial charge in [-0.1, -0.05) is 373 Å². The summed E-state index contributed by atoms with van der Waals surface area (Å²) in [6, 6.07) is 0. The van der Waals surface area contributed by atoms with Crippen LogP contribution >= 0.6 is 0 Å². The predicted molar refractivity (Wildman–Crippen MR) is 355 cm³/mol. The number of carbonyl (C=O) groups is 3. The third-order valence-electron chi connectivity index (χ3n) is 17.4. The molecule has 0 aliphatic carbocycles. The molecule has 0 rings (SSSR count). The molecule has 0 radical (unpaired) electrons. The number of likely N-dealkylation sites (N-methyl/N-ethyl adjacent to an activating group) is 1. The average Bonchev–Trinajstić information content (AvgIpc) is 3.46. The first-order valence-electron chi connectivity index (χ1n) is 37.2. The van der Waals surface area contributed by atoms with E-state index in [0.717, 1.165) is 38.5 Å². The van der Waals surface area contributed by atoms with Gasteiger partial charge in [-0.25, -0.2) is 4.79 Å². The maximum absolute atomic E-state index is 13.0. The smallest absolute Gasteiger partial charge is 0.361 e. The van der Waals surface area contributed by atoms with Crippen LogP contribution in [0.15, 0.2) is 0 Å². The van der Waals surface area contributed by atoms with Gasteiger partial charge in [0.2, 0.25) is 0 Å². The van der Waals surface area contributed by atoms with Gasteiger partial charge in [0, 0.05) is 12.8 Å². The fraction of sp³-hybridized carbons (Fsp3) is 0.959. The Labute approximate surface area is 517 Å². The topological polar surface area (TPSA) is 108 Å². The van der Waals surface area contributed by atoms with Gasteiger partial charge < -0.3 is 28.5 Å². The summed E-state index contributed by atoms with van der Waals surface area (Å²) in [5, 5.41) is 9.75. The molecular formula is C74H146NO8+. The lowest BCUT2D eigenvalue weighted by Gasteiger charge is -2.25. The number of esters is 2. The van der Waals surface area contributed by atoms with Gasteiger partial charge in [0.05, 0.1) is 34.4 Å². The van der Waals surface area contributed by atoms with Gasteiger partial charge in [-0.05, 0) is 12.8 Å². The highest BCUT2D eigenvalue weighted by atomic mass is 16.7. The molecular weight excluding hydrogens is 1030 g/mol. The van der Waals surface area contributed by atoms with E-state index in [1.54, 1.807) is 0 Å². The minimum atomic E-state index is -1.50. The van der Waals surface area contributed by atoms with E-state index in [1.165, 1.54) is 334 Å². The standard InChI is InChI=1S/C74H145NO8/c1-6-8-10-12-14-16-18-20-22-24-26-28-30-32-34-35-36-37-39-41-43-45-47-49-51-53-55-57-59-61-63-65-72(77)83-70(69-82-74(73(78)79)80-67-66-75(3,4)5)68-81-71(76)64-62-60-58-56-54-52-50-48-46-44-42-40-38-33-31-29-27-25-23-21-19-17-15-13-11-9-7-2/h70,74H,6-69H2,1-5H3/p+1. The first-order valence-corrected chi connectivity index (χ1v) is 37.2. The summed E-state index contributed by atoms with van der Waals surface area (Å²) >= 11 is 0. The van der Waals surface area contributed by atoms with Crippen LogP contribution in [0, 0.1) is 0 Å². The lowest BCUT2D eigenvalue weighted by molar-refractivity contribution is -0.870. The number of hydrogen-bond acceptors (Lipinski definition) is 7. The summed E-state index contributed by atoms with van der Waals surface area (Å²) in [5.41, 5.74) is 0. The number of carboxylic acid groups (broad SMARTS) is 1. The van der Waals surface area contributed by atoms with Gasteiger partial charge in [0.1, 0.15) is 13.2 Å². The Balaban J connectivity index is 4.00. The van der Waals surface area contributed by atoms with Crippen molar-refractivity contribution in [1.29, 1.82) is 0 Å². The Bertz CT molecular complexity index is 1320. The third kappa shape index (κ3) is 67.7. The number of rotatable bonds is 71. The number of carboxylic acids is 1. The average molecular weight is 1180 g/mol. The highest BCUT2D eigenvalue weighted by molar-refractivity contribution is 5.71.